The monoisotopic (exact) mass is 391 g/mol. The number of benzene rings is 1. The number of ether oxygens (including phenoxy) is 2. The highest BCUT2D eigenvalue weighted by Gasteiger charge is 2.27. The Balaban J connectivity index is 1.65. The molecule has 0 bridgehead atoms. The van der Waals surface area contributed by atoms with Crippen molar-refractivity contribution in [2.45, 2.75) is 12.5 Å². The van der Waals surface area contributed by atoms with Crippen molar-refractivity contribution in [2.75, 3.05) is 36.4 Å². The molecule has 2 N–H and O–H groups in total. The number of hydrogen-bond acceptors (Lipinski definition) is 7. The number of amides is 1. The van der Waals surface area contributed by atoms with Crippen LogP contribution in [0.1, 0.15) is 16.8 Å². The molecule has 1 unspecified atom stereocenters. The van der Waals surface area contributed by atoms with E-state index in [1.54, 1.807) is 36.5 Å². The highest BCUT2D eigenvalue weighted by molar-refractivity contribution is 7.91. The van der Waals surface area contributed by atoms with Crippen LogP contribution < -0.4 is 20.1 Å². The molecule has 1 aliphatic rings. The quantitative estimate of drug-likeness (QED) is 0.775. The maximum atomic E-state index is 12.4. The SMILES string of the molecule is COc1cc(OC)cc(C(=O)Nc2ccc(NC3CCS(=O)(=O)C3)cn2)c1. The number of anilines is 2. The van der Waals surface area contributed by atoms with Gasteiger partial charge in [0.2, 0.25) is 0 Å². The van der Waals surface area contributed by atoms with E-state index < -0.39 is 9.84 Å². The van der Waals surface area contributed by atoms with Gasteiger partial charge in [-0.2, -0.15) is 0 Å². The van der Waals surface area contributed by atoms with Crippen LogP contribution in [0.5, 0.6) is 11.5 Å². The first-order chi connectivity index (χ1) is 12.9. The molecule has 0 saturated carbocycles. The van der Waals surface area contributed by atoms with E-state index in [0.29, 0.717) is 35.0 Å². The molecule has 144 valence electrons. The molecular weight excluding hydrogens is 370 g/mol. The summed E-state index contributed by atoms with van der Waals surface area (Å²) in [6.45, 7) is 0. The smallest absolute Gasteiger partial charge is 0.257 e. The number of nitrogens with one attached hydrogen (secondary N) is 2. The van der Waals surface area contributed by atoms with Crippen LogP contribution in [-0.2, 0) is 9.84 Å². The fourth-order valence-electron chi connectivity index (χ4n) is 2.82. The molecule has 1 amide bonds. The first-order valence-corrected chi connectivity index (χ1v) is 10.2. The van der Waals surface area contributed by atoms with E-state index in [0.717, 1.165) is 0 Å². The molecule has 27 heavy (non-hydrogen) atoms. The van der Waals surface area contributed by atoms with E-state index in [4.69, 9.17) is 9.47 Å². The maximum Gasteiger partial charge on any atom is 0.257 e. The Bertz CT molecular complexity index is 906. The number of pyridine rings is 1. The summed E-state index contributed by atoms with van der Waals surface area (Å²) in [4.78, 5) is 16.6. The summed E-state index contributed by atoms with van der Waals surface area (Å²) in [5.41, 5.74) is 1.09. The largest absolute Gasteiger partial charge is 0.497 e. The van der Waals surface area contributed by atoms with E-state index in [-0.39, 0.29) is 23.5 Å². The van der Waals surface area contributed by atoms with Gasteiger partial charge in [0.05, 0.1) is 37.6 Å². The summed E-state index contributed by atoms with van der Waals surface area (Å²) in [6, 6.07) is 8.18. The van der Waals surface area contributed by atoms with Gasteiger partial charge in [-0.25, -0.2) is 13.4 Å². The zero-order valence-electron chi connectivity index (χ0n) is 15.1. The summed E-state index contributed by atoms with van der Waals surface area (Å²) in [5, 5.41) is 5.86. The lowest BCUT2D eigenvalue weighted by Gasteiger charge is -2.13. The highest BCUT2D eigenvalue weighted by atomic mass is 32.2. The predicted octanol–water partition coefficient (Wildman–Crippen LogP) is 1.95. The molecule has 2 aromatic rings. The third-order valence-corrected chi connectivity index (χ3v) is 5.99. The Kier molecular flexibility index (Phi) is 5.50. The van der Waals surface area contributed by atoms with Crippen molar-refractivity contribution in [1.29, 1.82) is 0 Å². The van der Waals surface area contributed by atoms with Crippen molar-refractivity contribution >= 4 is 27.2 Å². The molecular formula is C18H21N3O5S. The number of methoxy groups -OCH3 is 2. The van der Waals surface area contributed by atoms with Gasteiger partial charge in [-0.3, -0.25) is 4.79 Å². The highest BCUT2D eigenvalue weighted by Crippen LogP contribution is 2.23. The maximum absolute atomic E-state index is 12.4. The number of nitrogens with zero attached hydrogens (tertiary/aromatic N) is 1. The van der Waals surface area contributed by atoms with Gasteiger partial charge in [0, 0.05) is 17.7 Å². The van der Waals surface area contributed by atoms with E-state index in [2.05, 4.69) is 15.6 Å². The lowest BCUT2D eigenvalue weighted by Crippen LogP contribution is -2.20. The molecule has 1 fully saturated rings. The third kappa shape index (κ3) is 4.88. The minimum absolute atomic E-state index is 0.110. The summed E-state index contributed by atoms with van der Waals surface area (Å²) < 4.78 is 33.4. The number of carbonyl (C=O) groups is 1. The summed E-state index contributed by atoms with van der Waals surface area (Å²) in [6.07, 6.45) is 2.14. The van der Waals surface area contributed by atoms with Gasteiger partial charge in [0.25, 0.3) is 5.91 Å². The molecule has 1 atom stereocenters. The molecule has 1 aliphatic heterocycles. The Labute approximate surface area is 157 Å². The van der Waals surface area contributed by atoms with Crippen molar-refractivity contribution in [3.63, 3.8) is 0 Å². The molecule has 9 heteroatoms. The van der Waals surface area contributed by atoms with Crippen LogP contribution in [-0.4, -0.2) is 51.1 Å². The minimum atomic E-state index is -2.94. The molecule has 1 aromatic heterocycles. The van der Waals surface area contributed by atoms with Crippen LogP contribution in [0.3, 0.4) is 0 Å². The topological polar surface area (TPSA) is 107 Å². The average Bonchev–Trinajstić information content (AvgIpc) is 3.01. The number of sulfone groups is 1. The molecule has 0 aliphatic carbocycles. The van der Waals surface area contributed by atoms with Gasteiger partial charge in [-0.1, -0.05) is 0 Å². The standard InChI is InChI=1S/C18H21N3O5S/c1-25-15-7-12(8-16(9-15)26-2)18(22)21-17-4-3-13(10-19-17)20-14-5-6-27(23,24)11-14/h3-4,7-10,14,20H,5-6,11H2,1-2H3,(H,19,21,22). The Morgan fingerprint density at radius 1 is 1.15 bits per heavy atom. The fraction of sp³-hybridized carbons (Fsp3) is 0.333. The van der Waals surface area contributed by atoms with Gasteiger partial charge in [0.1, 0.15) is 17.3 Å². The first kappa shape index (κ1) is 19.0. The van der Waals surface area contributed by atoms with Crippen molar-refractivity contribution in [3.8, 4) is 11.5 Å². The lowest BCUT2D eigenvalue weighted by atomic mass is 10.2. The summed E-state index contributed by atoms with van der Waals surface area (Å²) >= 11 is 0. The van der Waals surface area contributed by atoms with Crippen LogP contribution in [0.4, 0.5) is 11.5 Å². The third-order valence-electron chi connectivity index (χ3n) is 4.22. The predicted molar refractivity (Wildman–Crippen MR) is 102 cm³/mol. The second-order valence-corrected chi connectivity index (χ2v) is 8.46. The second kappa shape index (κ2) is 7.83. The lowest BCUT2D eigenvalue weighted by molar-refractivity contribution is 0.102. The Hall–Kier alpha value is -2.81. The van der Waals surface area contributed by atoms with E-state index in [1.165, 1.54) is 14.2 Å². The van der Waals surface area contributed by atoms with Gasteiger partial charge in [-0.05, 0) is 30.7 Å². The molecule has 1 aromatic carbocycles. The van der Waals surface area contributed by atoms with Crippen molar-refractivity contribution in [2.24, 2.45) is 0 Å². The van der Waals surface area contributed by atoms with Gasteiger partial charge in [0.15, 0.2) is 9.84 Å². The van der Waals surface area contributed by atoms with Crippen molar-refractivity contribution in [1.82, 2.24) is 4.98 Å². The summed E-state index contributed by atoms with van der Waals surface area (Å²) in [5.74, 6) is 1.39. The van der Waals surface area contributed by atoms with Crippen LogP contribution in [0.15, 0.2) is 36.5 Å². The molecule has 0 radical (unpaired) electrons. The number of aromatic nitrogens is 1. The van der Waals surface area contributed by atoms with Crippen LogP contribution in [0.2, 0.25) is 0 Å². The van der Waals surface area contributed by atoms with Crippen molar-refractivity contribution < 1.29 is 22.7 Å². The Morgan fingerprint density at radius 3 is 2.37 bits per heavy atom. The summed E-state index contributed by atoms with van der Waals surface area (Å²) in [7, 11) is 0.0842. The van der Waals surface area contributed by atoms with Gasteiger partial charge >= 0.3 is 0 Å². The van der Waals surface area contributed by atoms with E-state index >= 15 is 0 Å². The molecule has 1 saturated heterocycles. The molecule has 2 heterocycles. The number of hydrogen-bond donors (Lipinski definition) is 2. The van der Waals surface area contributed by atoms with E-state index in [1.807, 2.05) is 0 Å². The van der Waals surface area contributed by atoms with Crippen LogP contribution >= 0.6 is 0 Å². The molecule has 0 spiro atoms. The fourth-order valence-corrected chi connectivity index (χ4v) is 4.50. The molecule has 3 rings (SSSR count). The van der Waals surface area contributed by atoms with Gasteiger partial charge < -0.3 is 20.1 Å². The number of rotatable bonds is 6. The van der Waals surface area contributed by atoms with E-state index in [9.17, 15) is 13.2 Å². The second-order valence-electron chi connectivity index (χ2n) is 6.23. The first-order valence-electron chi connectivity index (χ1n) is 8.36. The zero-order valence-corrected chi connectivity index (χ0v) is 15.9. The number of carbonyl (C=O) groups excluding carboxylic acids is 1. The zero-order chi connectivity index (χ0) is 19.4. The van der Waals surface area contributed by atoms with Crippen LogP contribution in [0, 0.1) is 0 Å². The normalized spacial score (nSPS) is 17.9. The van der Waals surface area contributed by atoms with Gasteiger partial charge in [-0.15, -0.1) is 0 Å². The average molecular weight is 391 g/mol. The minimum Gasteiger partial charge on any atom is -0.497 e. The Morgan fingerprint density at radius 2 is 1.85 bits per heavy atom. The van der Waals surface area contributed by atoms with Crippen LogP contribution in [0.25, 0.3) is 0 Å². The van der Waals surface area contributed by atoms with Crippen molar-refractivity contribution in [3.05, 3.63) is 42.1 Å². The molecule has 8 nitrogen and oxygen atoms in total.